The molecule has 0 N–H and O–H groups in total. The average Bonchev–Trinajstić information content (AvgIpc) is 2.67. The predicted octanol–water partition coefficient (Wildman–Crippen LogP) is 0.808. The first-order valence-corrected chi connectivity index (χ1v) is 6.12. The first-order chi connectivity index (χ1) is 8.11. The number of carbonyl (C=O) groups is 1. The third-order valence-corrected chi connectivity index (χ3v) is 3.19. The van der Waals surface area contributed by atoms with Gasteiger partial charge < -0.3 is 9.64 Å². The molecule has 1 saturated heterocycles. The van der Waals surface area contributed by atoms with E-state index in [1.807, 2.05) is 14.0 Å². The summed E-state index contributed by atoms with van der Waals surface area (Å²) >= 11 is 5.75. The first kappa shape index (κ1) is 12.4. The fourth-order valence-corrected chi connectivity index (χ4v) is 2.16. The minimum absolute atomic E-state index is 0.00835. The summed E-state index contributed by atoms with van der Waals surface area (Å²) in [7, 11) is 1.81. The Balaban J connectivity index is 2.12. The number of alkyl halides is 1. The Hall–Kier alpha value is -1.07. The van der Waals surface area contributed by atoms with Gasteiger partial charge in [-0.05, 0) is 6.92 Å². The van der Waals surface area contributed by atoms with Crippen LogP contribution in [0.15, 0.2) is 6.20 Å². The highest BCUT2D eigenvalue weighted by Crippen LogP contribution is 2.13. The van der Waals surface area contributed by atoms with Crippen LogP contribution in [-0.4, -0.2) is 52.3 Å². The van der Waals surface area contributed by atoms with E-state index in [1.54, 1.807) is 15.8 Å². The third-order valence-electron chi connectivity index (χ3n) is 2.84. The van der Waals surface area contributed by atoms with Crippen molar-refractivity contribution in [2.75, 3.05) is 25.6 Å². The molecule has 2 heterocycles. The Morgan fingerprint density at radius 2 is 2.47 bits per heavy atom. The van der Waals surface area contributed by atoms with Crippen LogP contribution in [-0.2, 0) is 11.8 Å². The van der Waals surface area contributed by atoms with E-state index < -0.39 is 0 Å². The molecule has 0 bridgehead atoms. The normalized spacial score (nSPS) is 20.6. The highest BCUT2D eigenvalue weighted by atomic mass is 35.5. The molecule has 1 aliphatic heterocycles. The Morgan fingerprint density at radius 1 is 1.71 bits per heavy atom. The number of carbonyl (C=O) groups excluding carboxylic acids is 1. The average molecular weight is 258 g/mol. The molecule has 0 radical (unpaired) electrons. The summed E-state index contributed by atoms with van der Waals surface area (Å²) in [6, 6.07) is 0. The van der Waals surface area contributed by atoms with Crippen LogP contribution in [0.5, 0.6) is 0 Å². The van der Waals surface area contributed by atoms with E-state index in [9.17, 15) is 4.79 Å². The van der Waals surface area contributed by atoms with Gasteiger partial charge in [-0.1, -0.05) is 0 Å². The van der Waals surface area contributed by atoms with Gasteiger partial charge in [-0.3, -0.25) is 9.48 Å². The number of aryl methyl sites for hydroxylation is 2. The van der Waals surface area contributed by atoms with Gasteiger partial charge in [-0.15, -0.1) is 11.6 Å². The summed E-state index contributed by atoms with van der Waals surface area (Å²) in [5.74, 6) is 0.421. The Morgan fingerprint density at radius 3 is 3.06 bits per heavy atom. The van der Waals surface area contributed by atoms with E-state index in [0.29, 0.717) is 31.1 Å². The molecule has 1 atom stereocenters. The molecule has 1 aromatic heterocycles. The molecule has 0 saturated carbocycles. The van der Waals surface area contributed by atoms with Crippen LogP contribution in [0.2, 0.25) is 0 Å². The summed E-state index contributed by atoms with van der Waals surface area (Å²) in [6.07, 6.45) is 1.69. The number of amides is 1. The molecule has 94 valence electrons. The van der Waals surface area contributed by atoms with Gasteiger partial charge in [-0.2, -0.15) is 5.10 Å². The molecule has 1 aliphatic rings. The van der Waals surface area contributed by atoms with Crippen molar-refractivity contribution in [3.8, 4) is 0 Å². The monoisotopic (exact) mass is 257 g/mol. The van der Waals surface area contributed by atoms with Gasteiger partial charge in [0, 0.05) is 26.3 Å². The molecule has 1 aromatic rings. The van der Waals surface area contributed by atoms with Gasteiger partial charge in [0.25, 0.3) is 5.91 Å². The first-order valence-electron chi connectivity index (χ1n) is 5.59. The number of hydrogen-bond donors (Lipinski definition) is 0. The van der Waals surface area contributed by atoms with Crippen LogP contribution in [0.4, 0.5) is 0 Å². The van der Waals surface area contributed by atoms with E-state index in [2.05, 4.69) is 5.10 Å². The molecule has 6 heteroatoms. The number of ether oxygens (including phenoxy) is 1. The summed E-state index contributed by atoms with van der Waals surface area (Å²) < 4.78 is 7.09. The molecule has 0 aliphatic carbocycles. The van der Waals surface area contributed by atoms with Crippen molar-refractivity contribution in [3.05, 3.63) is 17.5 Å². The number of hydrogen-bond acceptors (Lipinski definition) is 3. The Bertz CT molecular complexity index is 419. The van der Waals surface area contributed by atoms with Gasteiger partial charge in [-0.25, -0.2) is 0 Å². The van der Waals surface area contributed by atoms with Crippen molar-refractivity contribution in [1.29, 1.82) is 0 Å². The lowest BCUT2D eigenvalue weighted by molar-refractivity contribution is -0.0108. The zero-order valence-corrected chi connectivity index (χ0v) is 10.8. The maximum absolute atomic E-state index is 12.3. The molecule has 17 heavy (non-hydrogen) atoms. The lowest BCUT2D eigenvalue weighted by Gasteiger charge is -2.31. The highest BCUT2D eigenvalue weighted by molar-refractivity contribution is 6.18. The van der Waals surface area contributed by atoms with Crippen molar-refractivity contribution in [2.24, 2.45) is 7.05 Å². The van der Waals surface area contributed by atoms with Gasteiger partial charge >= 0.3 is 0 Å². The lowest BCUT2D eigenvalue weighted by atomic mass is 10.2. The highest BCUT2D eigenvalue weighted by Gasteiger charge is 2.26. The molecule has 1 amide bonds. The second-order valence-corrected chi connectivity index (χ2v) is 4.51. The second-order valence-electron chi connectivity index (χ2n) is 4.20. The predicted molar refractivity (Wildman–Crippen MR) is 64.3 cm³/mol. The fraction of sp³-hybridized carbons (Fsp3) is 0.636. The van der Waals surface area contributed by atoms with E-state index in [0.717, 1.165) is 5.69 Å². The summed E-state index contributed by atoms with van der Waals surface area (Å²) in [4.78, 5) is 14.0. The number of nitrogens with zero attached hydrogens (tertiary/aromatic N) is 3. The van der Waals surface area contributed by atoms with Crippen LogP contribution in [0, 0.1) is 6.92 Å². The summed E-state index contributed by atoms with van der Waals surface area (Å²) in [5, 5.41) is 4.18. The van der Waals surface area contributed by atoms with Crippen LogP contribution >= 0.6 is 11.6 Å². The minimum Gasteiger partial charge on any atom is -0.373 e. The molecule has 1 fully saturated rings. The smallest absolute Gasteiger partial charge is 0.257 e. The fourth-order valence-electron chi connectivity index (χ4n) is 1.98. The standard InChI is InChI=1S/C11H16ClN3O2/c1-8-10(7-14(2)13-8)11(16)15-3-4-17-9(5-12)6-15/h7,9H,3-6H2,1-2H3. The minimum atomic E-state index is -0.0636. The summed E-state index contributed by atoms with van der Waals surface area (Å²) in [6.45, 7) is 3.55. The van der Waals surface area contributed by atoms with Crippen LogP contribution < -0.4 is 0 Å². The molecule has 5 nitrogen and oxygen atoms in total. The van der Waals surface area contributed by atoms with Crippen LogP contribution in [0.3, 0.4) is 0 Å². The largest absolute Gasteiger partial charge is 0.373 e. The van der Waals surface area contributed by atoms with Crippen LogP contribution in [0.1, 0.15) is 16.1 Å². The molecule has 0 aromatic carbocycles. The SMILES string of the molecule is Cc1nn(C)cc1C(=O)N1CCOC(CCl)C1. The van der Waals surface area contributed by atoms with Gasteiger partial charge in [0.15, 0.2) is 0 Å². The Labute approximate surface area is 105 Å². The number of aromatic nitrogens is 2. The van der Waals surface area contributed by atoms with E-state index in [4.69, 9.17) is 16.3 Å². The lowest BCUT2D eigenvalue weighted by Crippen LogP contribution is -2.46. The molecule has 2 rings (SSSR count). The quantitative estimate of drug-likeness (QED) is 0.737. The van der Waals surface area contributed by atoms with Crippen LogP contribution in [0.25, 0.3) is 0 Å². The number of halogens is 1. The third kappa shape index (κ3) is 2.61. The summed E-state index contributed by atoms with van der Waals surface area (Å²) in [5.41, 5.74) is 1.41. The second kappa shape index (κ2) is 5.06. The van der Waals surface area contributed by atoms with Crippen molar-refractivity contribution in [2.45, 2.75) is 13.0 Å². The van der Waals surface area contributed by atoms with Crippen molar-refractivity contribution >= 4 is 17.5 Å². The maximum Gasteiger partial charge on any atom is 0.257 e. The van der Waals surface area contributed by atoms with Crippen molar-refractivity contribution in [3.63, 3.8) is 0 Å². The topological polar surface area (TPSA) is 47.4 Å². The molecular weight excluding hydrogens is 242 g/mol. The van der Waals surface area contributed by atoms with E-state index >= 15 is 0 Å². The zero-order chi connectivity index (χ0) is 12.4. The number of morpholine rings is 1. The van der Waals surface area contributed by atoms with Crippen molar-refractivity contribution < 1.29 is 9.53 Å². The van der Waals surface area contributed by atoms with Gasteiger partial charge in [0.1, 0.15) is 0 Å². The molecular formula is C11H16ClN3O2. The van der Waals surface area contributed by atoms with Gasteiger partial charge in [0.2, 0.25) is 0 Å². The van der Waals surface area contributed by atoms with E-state index in [1.165, 1.54) is 0 Å². The van der Waals surface area contributed by atoms with Crippen molar-refractivity contribution in [1.82, 2.24) is 14.7 Å². The molecule has 1 unspecified atom stereocenters. The Kier molecular flexibility index (Phi) is 3.69. The number of rotatable bonds is 2. The van der Waals surface area contributed by atoms with E-state index in [-0.39, 0.29) is 12.0 Å². The maximum atomic E-state index is 12.3. The van der Waals surface area contributed by atoms with Gasteiger partial charge in [0.05, 0.1) is 29.8 Å². The molecule has 0 spiro atoms. The zero-order valence-electron chi connectivity index (χ0n) is 10.0.